The van der Waals surface area contributed by atoms with Gasteiger partial charge in [0.25, 0.3) is 5.91 Å². The smallest absolute Gasteiger partial charge is 0.270 e. The lowest BCUT2D eigenvalue weighted by Crippen LogP contribution is -2.42. The number of nitrogens with one attached hydrogen (secondary N) is 1. The normalized spacial score (nSPS) is 17.2. The van der Waals surface area contributed by atoms with Gasteiger partial charge in [-0.2, -0.15) is 4.98 Å². The van der Waals surface area contributed by atoms with Gasteiger partial charge in [0, 0.05) is 49.5 Å². The van der Waals surface area contributed by atoms with Crippen LogP contribution in [0.15, 0.2) is 30.5 Å². The van der Waals surface area contributed by atoms with Crippen molar-refractivity contribution in [1.29, 1.82) is 0 Å². The molecular formula is C27H35FN6O2. The van der Waals surface area contributed by atoms with Crippen molar-refractivity contribution in [3.05, 3.63) is 42.0 Å². The maximum atomic E-state index is 14.7. The predicted octanol–water partition coefficient (Wildman–Crippen LogP) is 4.78. The molecule has 1 N–H and O–H groups in total. The summed E-state index contributed by atoms with van der Waals surface area (Å²) >= 11 is 0. The Morgan fingerprint density at radius 3 is 2.61 bits per heavy atom. The van der Waals surface area contributed by atoms with E-state index in [2.05, 4.69) is 26.7 Å². The number of anilines is 2. The number of amides is 1. The zero-order valence-electron chi connectivity index (χ0n) is 21.4. The number of hydrogen-bond donors (Lipinski definition) is 1. The first-order valence-electron chi connectivity index (χ1n) is 12.9. The fraction of sp³-hybridized carbons (Fsp3) is 0.519. The highest BCUT2D eigenvalue weighted by atomic mass is 19.1. The number of benzene rings is 1. The summed E-state index contributed by atoms with van der Waals surface area (Å²) in [7, 11) is 3.52. The molecule has 1 aromatic carbocycles. The van der Waals surface area contributed by atoms with Crippen molar-refractivity contribution in [2.75, 3.05) is 45.7 Å². The minimum absolute atomic E-state index is 0.0513. The summed E-state index contributed by atoms with van der Waals surface area (Å²) in [5, 5.41) is 3.94. The molecule has 8 nitrogen and oxygen atoms in total. The van der Waals surface area contributed by atoms with Gasteiger partial charge in [0.2, 0.25) is 5.95 Å². The molecule has 0 bridgehead atoms. The number of carbonyl (C=O) groups is 1. The van der Waals surface area contributed by atoms with E-state index in [9.17, 15) is 9.18 Å². The summed E-state index contributed by atoms with van der Waals surface area (Å²) < 4.78 is 22.5. The minimum atomic E-state index is -0.427. The maximum Gasteiger partial charge on any atom is 0.270 e. The lowest BCUT2D eigenvalue weighted by molar-refractivity contribution is 0.0780. The average molecular weight is 495 g/mol. The van der Waals surface area contributed by atoms with Crippen molar-refractivity contribution in [1.82, 2.24) is 24.3 Å². The van der Waals surface area contributed by atoms with Gasteiger partial charge < -0.3 is 19.5 Å². The molecule has 0 spiro atoms. The summed E-state index contributed by atoms with van der Waals surface area (Å²) in [6.07, 6.45) is 8.24. The molecule has 36 heavy (non-hydrogen) atoms. The van der Waals surface area contributed by atoms with Gasteiger partial charge in [-0.15, -0.1) is 0 Å². The number of rotatable bonds is 9. The molecule has 5 rings (SSSR count). The van der Waals surface area contributed by atoms with Crippen LogP contribution in [-0.2, 0) is 5.54 Å². The fourth-order valence-electron chi connectivity index (χ4n) is 5.35. The number of halogens is 1. The van der Waals surface area contributed by atoms with Gasteiger partial charge >= 0.3 is 0 Å². The second kappa shape index (κ2) is 10.0. The Labute approximate surface area is 211 Å². The molecule has 1 aliphatic carbocycles. The molecule has 2 fully saturated rings. The van der Waals surface area contributed by atoms with Crippen molar-refractivity contribution < 1.29 is 13.9 Å². The van der Waals surface area contributed by atoms with Crippen LogP contribution in [0, 0.1) is 5.82 Å². The molecule has 0 unspecified atom stereocenters. The van der Waals surface area contributed by atoms with Crippen LogP contribution in [0.4, 0.5) is 16.0 Å². The number of fused-ring (bicyclic) bond motifs is 1. The predicted molar refractivity (Wildman–Crippen MR) is 139 cm³/mol. The SMILES string of the molecule is CCC1(n2c(C(=O)N(C)C)cc3cnc(Nc4ccc(OCCN5CCCC5)c(F)c4)nc32)CCC1. The Balaban J connectivity index is 1.38. The van der Waals surface area contributed by atoms with E-state index < -0.39 is 5.82 Å². The monoisotopic (exact) mass is 494 g/mol. The largest absolute Gasteiger partial charge is 0.489 e. The van der Waals surface area contributed by atoms with Gasteiger partial charge in [0.05, 0.1) is 0 Å². The second-order valence-electron chi connectivity index (χ2n) is 10.1. The minimum Gasteiger partial charge on any atom is -0.489 e. The summed E-state index contributed by atoms with van der Waals surface area (Å²) in [5.41, 5.74) is 1.77. The molecule has 3 heterocycles. The Hall–Kier alpha value is -3.20. The topological polar surface area (TPSA) is 75.5 Å². The molecule has 2 aromatic heterocycles. The van der Waals surface area contributed by atoms with Crippen LogP contribution in [0.5, 0.6) is 5.75 Å². The van der Waals surface area contributed by atoms with Gasteiger partial charge in [0.15, 0.2) is 11.6 Å². The Bertz CT molecular complexity index is 1240. The van der Waals surface area contributed by atoms with Crippen molar-refractivity contribution in [2.24, 2.45) is 0 Å². The highest BCUT2D eigenvalue weighted by Crippen LogP contribution is 2.45. The standard InChI is InChI=1S/C27H35FN6O2/c1-4-27(10-7-11-27)34-22(25(35)32(2)3)16-19-18-29-26(31-24(19)34)30-20-8-9-23(21(28)17-20)36-15-14-33-12-5-6-13-33/h8-9,16-18H,4-7,10-15H2,1-3H3,(H,29,30,31). The van der Waals surface area contributed by atoms with Gasteiger partial charge in [-0.25, -0.2) is 9.37 Å². The molecule has 0 radical (unpaired) electrons. The molecule has 9 heteroatoms. The summed E-state index contributed by atoms with van der Waals surface area (Å²) in [6, 6.07) is 6.68. The van der Waals surface area contributed by atoms with Crippen LogP contribution < -0.4 is 10.1 Å². The fourth-order valence-corrected chi connectivity index (χ4v) is 5.35. The van der Waals surface area contributed by atoms with E-state index in [0.29, 0.717) is 23.9 Å². The van der Waals surface area contributed by atoms with E-state index in [4.69, 9.17) is 9.72 Å². The molecule has 1 saturated carbocycles. The number of aromatic nitrogens is 3. The van der Waals surface area contributed by atoms with E-state index in [0.717, 1.165) is 56.4 Å². The van der Waals surface area contributed by atoms with Crippen molar-refractivity contribution in [3.8, 4) is 5.75 Å². The van der Waals surface area contributed by atoms with Crippen molar-refractivity contribution >= 4 is 28.6 Å². The highest BCUT2D eigenvalue weighted by Gasteiger charge is 2.41. The molecule has 192 valence electrons. The van der Waals surface area contributed by atoms with E-state index in [1.165, 1.54) is 18.9 Å². The molecule has 1 amide bonds. The number of ether oxygens (including phenoxy) is 1. The van der Waals surface area contributed by atoms with Crippen LogP contribution in [-0.4, -0.2) is 70.6 Å². The highest BCUT2D eigenvalue weighted by molar-refractivity contribution is 5.98. The first-order valence-corrected chi connectivity index (χ1v) is 12.9. The molecule has 1 aliphatic heterocycles. The number of nitrogens with zero attached hydrogens (tertiary/aromatic N) is 5. The average Bonchev–Trinajstić information content (AvgIpc) is 3.48. The van der Waals surface area contributed by atoms with Gasteiger partial charge in [-0.1, -0.05) is 6.92 Å². The molecule has 0 atom stereocenters. The van der Waals surface area contributed by atoms with E-state index in [-0.39, 0.29) is 17.2 Å². The number of likely N-dealkylation sites (tertiary alicyclic amines) is 1. The third-order valence-electron chi connectivity index (χ3n) is 7.63. The van der Waals surface area contributed by atoms with Crippen LogP contribution in [0.1, 0.15) is 55.9 Å². The van der Waals surface area contributed by atoms with E-state index in [1.807, 2.05) is 6.07 Å². The zero-order valence-corrected chi connectivity index (χ0v) is 21.4. The summed E-state index contributed by atoms with van der Waals surface area (Å²) in [4.78, 5) is 26.2. The molecular weight excluding hydrogens is 459 g/mol. The lowest BCUT2D eigenvalue weighted by atomic mass is 9.74. The van der Waals surface area contributed by atoms with Crippen molar-refractivity contribution in [3.63, 3.8) is 0 Å². The van der Waals surface area contributed by atoms with E-state index >= 15 is 0 Å². The first-order chi connectivity index (χ1) is 17.4. The third-order valence-corrected chi connectivity index (χ3v) is 7.63. The zero-order chi connectivity index (χ0) is 25.3. The first kappa shape index (κ1) is 24.5. The van der Waals surface area contributed by atoms with Crippen LogP contribution in [0.2, 0.25) is 0 Å². The Kier molecular flexibility index (Phi) is 6.83. The number of hydrogen-bond acceptors (Lipinski definition) is 6. The Morgan fingerprint density at radius 1 is 1.19 bits per heavy atom. The Morgan fingerprint density at radius 2 is 1.97 bits per heavy atom. The quantitative estimate of drug-likeness (QED) is 0.462. The van der Waals surface area contributed by atoms with Gasteiger partial charge in [-0.05, 0) is 69.8 Å². The van der Waals surface area contributed by atoms with Crippen LogP contribution in [0.25, 0.3) is 11.0 Å². The maximum absolute atomic E-state index is 14.7. The molecule has 1 saturated heterocycles. The summed E-state index contributed by atoms with van der Waals surface area (Å²) in [5.74, 6) is 0.124. The summed E-state index contributed by atoms with van der Waals surface area (Å²) in [6.45, 7) is 5.62. The molecule has 3 aromatic rings. The van der Waals surface area contributed by atoms with Gasteiger partial charge in [-0.3, -0.25) is 9.69 Å². The number of carbonyl (C=O) groups excluding carboxylic acids is 1. The second-order valence-corrected chi connectivity index (χ2v) is 10.1. The van der Waals surface area contributed by atoms with E-state index in [1.54, 1.807) is 37.3 Å². The van der Waals surface area contributed by atoms with Gasteiger partial charge in [0.1, 0.15) is 17.9 Å². The lowest BCUT2D eigenvalue weighted by Gasteiger charge is -2.44. The van der Waals surface area contributed by atoms with Crippen LogP contribution in [0.3, 0.4) is 0 Å². The van der Waals surface area contributed by atoms with Crippen molar-refractivity contribution in [2.45, 2.75) is 51.0 Å². The van der Waals surface area contributed by atoms with Crippen LogP contribution >= 0.6 is 0 Å². The molecule has 2 aliphatic rings. The third kappa shape index (κ3) is 4.64.